The Balaban J connectivity index is 0.000000190. The zero-order valence-corrected chi connectivity index (χ0v) is 71.5. The van der Waals surface area contributed by atoms with Crippen LogP contribution in [0, 0.1) is 35.5 Å². The molecular weight excluding hydrogens is 1550 g/mol. The van der Waals surface area contributed by atoms with Crippen LogP contribution < -0.4 is 39.2 Å². The number of halogens is 2. The van der Waals surface area contributed by atoms with Crippen molar-refractivity contribution in [2.45, 2.75) is 127 Å². The van der Waals surface area contributed by atoms with Crippen molar-refractivity contribution in [3.8, 4) is 23.3 Å². The number of aliphatic imine (C=N–C) groups is 1. The van der Waals surface area contributed by atoms with E-state index in [1.165, 1.54) is 84.2 Å². The highest BCUT2D eigenvalue weighted by Crippen LogP contribution is 2.50. The number of carbonyl (C=O) groups excluding carboxylic acids is 3. The molecule has 2 saturated carbocycles. The van der Waals surface area contributed by atoms with Gasteiger partial charge in [0.1, 0.15) is 17.1 Å². The lowest BCUT2D eigenvalue weighted by atomic mass is 9.68. The first kappa shape index (κ1) is 86.5. The topological polar surface area (TPSA) is 271 Å². The van der Waals surface area contributed by atoms with Crippen molar-refractivity contribution in [3.63, 3.8) is 0 Å². The second-order valence-electron chi connectivity index (χ2n) is 32.5. The van der Waals surface area contributed by atoms with Gasteiger partial charge in [-0.15, -0.1) is 40.9 Å². The number of ether oxygens (including phenoxy) is 6. The average molecular weight is 1670 g/mol. The SMILES string of the molecule is C1CN=C2NCCCN2C1.C=CC[C@H](C)C[S@@](=O)(CC(=O)c1cn(C)nc1OC)=NC(=O)c1ccc2c(c1)N(C[C@@H]1CC[C@H]1[C@H](C=C)OC)C[C@@]1(CCCc3cc(Cl)ccc31)CO2.C=CC[C@H](C)C[S@@](=O)(N=C([O-])c1cn(C)nc1OC)=NC(=O)c1ccc2c(c1)N(C[C@@H]1CC[C@H]1[C@H](C=C)OC)C[C@@]1(CCCc3cc(Cl)ccc31)CO2. The molecule has 0 unspecified atom stereocenters. The zero-order chi connectivity index (χ0) is 82.6. The molecule has 12 atom stereocenters. The minimum absolute atomic E-state index is 0.0292. The standard InChI is InChI=1S/C41H51ClN4O6S.C40H50ClN5O6S.C7H13N3/c1-7-10-27(3)23-53(49,24-36(47)33-22-45(4)43-40(33)51-6)44-39(48)29-13-17-38-35(20-29)46(21-30-12-15-32(30)37(8-2)50-5)25-41(26-52-38)18-9-11-28-19-31(42)14-16-34(28)41;1-7-10-26(3)23-53(49,44-38(48)32-22-45(4)42-39(32)51-6)43-37(47)28-13-17-36-34(20-28)46(21-29-12-15-31(29)35(8-2)50-5)24-40(25-52-36)18-9-11-27-19-30(41)14-16-33(27)40;1-3-8-7-9-4-2-6-10(7)5-1/h7-8,13-14,16-17,19-20,22,27,30,32,37H,1-2,9-12,15,18,21,23-26H2,3-6H3;7-8,13-14,16-17,19-20,22,26,29,31,35H,1-2,9-12,15,18,21,23-25H2,3-6H3,(H,43,44,47,48,49);1-6H2,(H,8,9)/p-1/t27-,30-,32+,37-,41-,53+;26-,29-,31+,35-,40-,53-;/m00./s1. The molecule has 4 aliphatic heterocycles. The molecule has 0 bridgehead atoms. The van der Waals surface area contributed by atoms with Crippen LogP contribution in [-0.4, -0.2) is 186 Å². The maximum absolute atomic E-state index is 14.6. The maximum atomic E-state index is 14.6. The Bertz CT molecular complexity index is 4950. The highest BCUT2D eigenvalue weighted by Gasteiger charge is 2.47. The van der Waals surface area contributed by atoms with E-state index in [0.717, 1.165) is 118 Å². The second-order valence-corrected chi connectivity index (χ2v) is 37.6. The molecule has 4 aliphatic carbocycles. The van der Waals surface area contributed by atoms with Crippen molar-refractivity contribution < 1.29 is 56.3 Å². The summed E-state index contributed by atoms with van der Waals surface area (Å²) < 4.78 is 79.9. The zero-order valence-electron chi connectivity index (χ0n) is 68.3. The van der Waals surface area contributed by atoms with E-state index in [-0.39, 0.29) is 80.4 Å². The summed E-state index contributed by atoms with van der Waals surface area (Å²) in [6.07, 6.45) is 23.6. The molecule has 1 saturated heterocycles. The molecule has 1 N–H and O–H groups in total. The van der Waals surface area contributed by atoms with Crippen LogP contribution in [0.2, 0.25) is 10.0 Å². The lowest BCUT2D eigenvalue weighted by Crippen LogP contribution is -2.49. The average Bonchev–Trinajstić information content (AvgIpc) is 1.50. The molecule has 4 aromatic carbocycles. The van der Waals surface area contributed by atoms with E-state index < -0.39 is 48.9 Å². The highest BCUT2D eigenvalue weighted by molar-refractivity contribution is 7.94. The quantitative estimate of drug-likeness (QED) is 0.0217. The van der Waals surface area contributed by atoms with E-state index in [2.05, 4.69) is 98.9 Å². The summed E-state index contributed by atoms with van der Waals surface area (Å²) >= 11 is 12.9. The third-order valence-corrected chi connectivity index (χ3v) is 28.7. The van der Waals surface area contributed by atoms with Crippen LogP contribution >= 0.6 is 23.2 Å². The number of nitrogens with zero attached hydrogens (tertiary/aromatic N) is 11. The van der Waals surface area contributed by atoms with Gasteiger partial charge in [0.15, 0.2) is 21.7 Å². The van der Waals surface area contributed by atoms with Crippen molar-refractivity contribution in [3.05, 3.63) is 190 Å². The number of methoxy groups -OCH3 is 4. The van der Waals surface area contributed by atoms with Crippen molar-refractivity contribution in [1.29, 1.82) is 0 Å². The molecule has 8 aliphatic rings. The Hall–Kier alpha value is -8.79. The number of ketones is 1. The lowest BCUT2D eigenvalue weighted by Gasteiger charge is -2.46. The fraction of sp³-hybridized carbons (Fsp3) is 0.511. The second kappa shape index (κ2) is 38.3. The number of aryl methyl sites for hydroxylation is 4. The smallest absolute Gasteiger partial charge is 0.286 e. The number of guanidine groups is 1. The number of hydrogen-bond donors (Lipinski definition) is 1. The van der Waals surface area contributed by atoms with Gasteiger partial charge in [-0.05, 0) is 208 Å². The van der Waals surface area contributed by atoms with Gasteiger partial charge in [-0.1, -0.05) is 73.5 Å². The van der Waals surface area contributed by atoms with Gasteiger partial charge < -0.3 is 53.5 Å². The number of anilines is 2. The summed E-state index contributed by atoms with van der Waals surface area (Å²) in [4.78, 5) is 53.1. The number of amides is 2. The number of hydrogen-bond acceptors (Lipinski definition) is 19. The van der Waals surface area contributed by atoms with Gasteiger partial charge in [0.25, 0.3) is 11.8 Å². The van der Waals surface area contributed by atoms with Crippen molar-refractivity contribution in [2.75, 3.05) is 121 Å². The van der Waals surface area contributed by atoms with Crippen LogP contribution in [0.1, 0.15) is 150 Å². The number of fused-ring (bicyclic) bond motifs is 7. The van der Waals surface area contributed by atoms with Crippen LogP contribution in [0.25, 0.3) is 0 Å². The van der Waals surface area contributed by atoms with Crippen molar-refractivity contribution in [2.24, 2.45) is 67.7 Å². The Kier molecular flexibility index (Phi) is 28.6. The van der Waals surface area contributed by atoms with Gasteiger partial charge in [0.05, 0.1) is 77.8 Å². The first-order valence-electron chi connectivity index (χ1n) is 40.5. The van der Waals surface area contributed by atoms with Crippen LogP contribution in [0.15, 0.2) is 154 Å². The summed E-state index contributed by atoms with van der Waals surface area (Å²) in [6, 6.07) is 22.9. The summed E-state index contributed by atoms with van der Waals surface area (Å²) in [5, 5.41) is 26.4. The van der Waals surface area contributed by atoms with Gasteiger partial charge in [-0.2, -0.15) is 8.76 Å². The Morgan fingerprint density at radius 1 is 0.664 bits per heavy atom. The molecule has 2 spiro atoms. The summed E-state index contributed by atoms with van der Waals surface area (Å²) in [5.41, 5.74) is 6.70. The predicted octanol–water partition coefficient (Wildman–Crippen LogP) is 13.9. The summed E-state index contributed by atoms with van der Waals surface area (Å²) in [6.45, 7) is 27.7. The lowest BCUT2D eigenvalue weighted by molar-refractivity contribution is -0.212. The van der Waals surface area contributed by atoms with Gasteiger partial charge in [-0.25, -0.2) is 8.42 Å². The molecule has 624 valence electrons. The van der Waals surface area contributed by atoms with Crippen LogP contribution in [0.5, 0.6) is 23.3 Å². The summed E-state index contributed by atoms with van der Waals surface area (Å²) in [7, 11) is 2.48. The van der Waals surface area contributed by atoms with Crippen LogP contribution in [0.3, 0.4) is 0 Å². The Morgan fingerprint density at radius 3 is 1.65 bits per heavy atom. The van der Waals surface area contributed by atoms with Gasteiger partial charge in [-0.3, -0.25) is 28.7 Å². The highest BCUT2D eigenvalue weighted by atomic mass is 35.5. The molecule has 14 rings (SSSR count). The predicted molar refractivity (Wildman–Crippen MR) is 459 cm³/mol. The molecule has 2 amide bonds. The number of Topliss-reactive ketones (excluding diaryl/α,β-unsaturated/α-hetero) is 1. The number of benzene rings is 4. The molecule has 6 heterocycles. The monoisotopic (exact) mass is 1660 g/mol. The van der Waals surface area contributed by atoms with Crippen molar-refractivity contribution >= 4 is 83.7 Å². The molecule has 116 heavy (non-hydrogen) atoms. The molecule has 0 radical (unpaired) electrons. The fourth-order valence-electron chi connectivity index (χ4n) is 18.1. The number of rotatable bonds is 27. The molecule has 28 heteroatoms. The number of aromatic nitrogens is 4. The van der Waals surface area contributed by atoms with E-state index in [4.69, 9.17) is 51.6 Å². The molecule has 6 aromatic rings. The molecule has 2 aromatic heterocycles. The van der Waals surface area contributed by atoms with E-state index in [9.17, 15) is 27.9 Å². The van der Waals surface area contributed by atoms with E-state index in [1.807, 2.05) is 50.3 Å². The third kappa shape index (κ3) is 20.0. The number of nitrogens with one attached hydrogen (secondary N) is 1. The van der Waals surface area contributed by atoms with Crippen LogP contribution in [-0.2, 0) is 66.9 Å². The Morgan fingerprint density at radius 2 is 1.16 bits per heavy atom. The minimum Gasteiger partial charge on any atom is -0.857 e. The van der Waals surface area contributed by atoms with Crippen molar-refractivity contribution in [1.82, 2.24) is 29.8 Å². The normalized spacial score (nSPS) is 23.2. The van der Waals surface area contributed by atoms with E-state index >= 15 is 0 Å². The first-order chi connectivity index (χ1) is 55.8. The maximum Gasteiger partial charge on any atom is 0.286 e. The molecule has 3 fully saturated rings. The number of allylic oxidation sites excluding steroid dienone is 2. The number of carbonyl (C=O) groups is 3. The molecular formula is C88H113Cl2N12O12S2-. The largest absolute Gasteiger partial charge is 0.857 e. The van der Waals surface area contributed by atoms with Gasteiger partial charge in [0, 0.05) is 137 Å². The van der Waals surface area contributed by atoms with E-state index in [0.29, 0.717) is 74.3 Å². The fourth-order valence-corrected chi connectivity index (χ4v) is 22.6. The Labute approximate surface area is 694 Å². The summed E-state index contributed by atoms with van der Waals surface area (Å²) in [5.74, 6) is 0.485. The van der Waals surface area contributed by atoms with Gasteiger partial charge in [0.2, 0.25) is 11.8 Å². The third-order valence-electron chi connectivity index (χ3n) is 24.1. The minimum atomic E-state index is -3.73. The first-order valence-corrected chi connectivity index (χ1v) is 44.7. The molecule has 24 nitrogen and oxygen atoms in total. The van der Waals surface area contributed by atoms with Crippen LogP contribution in [0.4, 0.5) is 11.4 Å². The van der Waals surface area contributed by atoms with Gasteiger partial charge >= 0.3 is 0 Å². The van der Waals surface area contributed by atoms with E-state index in [1.54, 1.807) is 64.7 Å².